The maximum absolute atomic E-state index is 5.29. The molecule has 0 saturated carbocycles. The number of nitrogens with zero attached hydrogens (tertiary/aromatic N) is 1. The second-order valence-corrected chi connectivity index (χ2v) is 2.32. The molecule has 11 heavy (non-hydrogen) atoms. The second-order valence-electron chi connectivity index (χ2n) is 2.32. The third-order valence-electron chi connectivity index (χ3n) is 1.49. The lowest BCUT2D eigenvalue weighted by Gasteiger charge is -2.02. The van der Waals surface area contributed by atoms with Crippen LogP contribution in [0.15, 0.2) is 18.5 Å². The first-order valence-electron chi connectivity index (χ1n) is 3.93. The van der Waals surface area contributed by atoms with Gasteiger partial charge in [-0.25, -0.2) is 0 Å². The Hall–Kier alpha value is -1.05. The van der Waals surface area contributed by atoms with E-state index in [0.29, 0.717) is 6.61 Å². The van der Waals surface area contributed by atoms with Gasteiger partial charge in [-0.2, -0.15) is 0 Å². The third kappa shape index (κ3) is 2.22. The molecule has 2 heteroatoms. The Labute approximate surface area is 67.2 Å². The van der Waals surface area contributed by atoms with Crippen LogP contribution >= 0.6 is 0 Å². The molecule has 1 rings (SSSR count). The minimum atomic E-state index is 0.703. The SMILES string of the molecule is CCOc1cncc(CC)c1. The normalized spacial score (nSPS) is 9.64. The van der Waals surface area contributed by atoms with Crippen molar-refractivity contribution in [3.8, 4) is 5.75 Å². The Morgan fingerprint density at radius 1 is 1.36 bits per heavy atom. The minimum Gasteiger partial charge on any atom is -0.492 e. The average molecular weight is 151 g/mol. The van der Waals surface area contributed by atoms with E-state index in [4.69, 9.17) is 4.74 Å². The summed E-state index contributed by atoms with van der Waals surface area (Å²) in [6.45, 7) is 4.78. The summed E-state index contributed by atoms with van der Waals surface area (Å²) in [5.74, 6) is 0.867. The van der Waals surface area contributed by atoms with Crippen LogP contribution in [-0.2, 0) is 6.42 Å². The summed E-state index contributed by atoms with van der Waals surface area (Å²) in [5.41, 5.74) is 1.22. The van der Waals surface area contributed by atoms with Gasteiger partial charge in [-0.15, -0.1) is 0 Å². The van der Waals surface area contributed by atoms with Crippen molar-refractivity contribution < 1.29 is 4.74 Å². The molecule has 0 aliphatic rings. The molecule has 0 aliphatic carbocycles. The minimum absolute atomic E-state index is 0.703. The highest BCUT2D eigenvalue weighted by molar-refractivity contribution is 5.23. The van der Waals surface area contributed by atoms with Crippen LogP contribution in [0.1, 0.15) is 19.4 Å². The van der Waals surface area contributed by atoms with E-state index in [1.807, 2.05) is 19.2 Å². The van der Waals surface area contributed by atoms with Crippen molar-refractivity contribution >= 4 is 0 Å². The lowest BCUT2D eigenvalue weighted by molar-refractivity contribution is 0.338. The number of aromatic nitrogens is 1. The van der Waals surface area contributed by atoms with Gasteiger partial charge in [0.05, 0.1) is 12.8 Å². The van der Waals surface area contributed by atoms with Gasteiger partial charge in [0.2, 0.25) is 0 Å². The molecule has 0 unspecified atom stereocenters. The number of pyridine rings is 1. The van der Waals surface area contributed by atoms with Crippen molar-refractivity contribution in [3.63, 3.8) is 0 Å². The molecule has 2 nitrogen and oxygen atoms in total. The van der Waals surface area contributed by atoms with Gasteiger partial charge < -0.3 is 4.74 Å². The topological polar surface area (TPSA) is 22.1 Å². The second kappa shape index (κ2) is 3.96. The molecular formula is C9H13NO. The van der Waals surface area contributed by atoms with Gasteiger partial charge in [-0.05, 0) is 25.0 Å². The quantitative estimate of drug-likeness (QED) is 0.659. The van der Waals surface area contributed by atoms with Crippen LogP contribution in [-0.4, -0.2) is 11.6 Å². The molecule has 0 bridgehead atoms. The fraction of sp³-hybridized carbons (Fsp3) is 0.444. The van der Waals surface area contributed by atoms with Crippen molar-refractivity contribution in [2.24, 2.45) is 0 Å². The molecule has 0 saturated heterocycles. The van der Waals surface area contributed by atoms with E-state index in [9.17, 15) is 0 Å². The van der Waals surface area contributed by atoms with E-state index in [1.54, 1.807) is 6.20 Å². The summed E-state index contributed by atoms with van der Waals surface area (Å²) in [4.78, 5) is 4.05. The van der Waals surface area contributed by atoms with Gasteiger partial charge in [0.25, 0.3) is 0 Å². The molecule has 0 atom stereocenters. The highest BCUT2D eigenvalue weighted by Gasteiger charge is 1.93. The van der Waals surface area contributed by atoms with Crippen molar-refractivity contribution in [2.75, 3.05) is 6.61 Å². The molecule has 0 aliphatic heterocycles. The van der Waals surface area contributed by atoms with Gasteiger partial charge >= 0.3 is 0 Å². The van der Waals surface area contributed by atoms with Gasteiger partial charge in [0.1, 0.15) is 5.75 Å². The van der Waals surface area contributed by atoms with Crippen molar-refractivity contribution in [2.45, 2.75) is 20.3 Å². The van der Waals surface area contributed by atoms with Crippen molar-refractivity contribution in [1.82, 2.24) is 4.98 Å². The standard InChI is InChI=1S/C9H13NO/c1-3-8-5-9(11-4-2)7-10-6-8/h5-7H,3-4H2,1-2H3. The maximum atomic E-state index is 5.29. The zero-order chi connectivity index (χ0) is 8.10. The summed E-state index contributed by atoms with van der Waals surface area (Å²) >= 11 is 0. The predicted molar refractivity (Wildman–Crippen MR) is 44.8 cm³/mol. The lowest BCUT2D eigenvalue weighted by Crippen LogP contribution is -1.93. The molecule has 0 fully saturated rings. The van der Waals surface area contributed by atoms with Crippen LogP contribution < -0.4 is 4.74 Å². The molecule has 0 radical (unpaired) electrons. The van der Waals surface area contributed by atoms with E-state index in [2.05, 4.69) is 11.9 Å². The Morgan fingerprint density at radius 2 is 2.18 bits per heavy atom. The molecule has 1 heterocycles. The molecule has 60 valence electrons. The van der Waals surface area contributed by atoms with Crippen molar-refractivity contribution in [3.05, 3.63) is 24.0 Å². The first-order valence-corrected chi connectivity index (χ1v) is 3.93. The van der Waals surface area contributed by atoms with Crippen LogP contribution in [0.5, 0.6) is 5.75 Å². The van der Waals surface area contributed by atoms with E-state index in [1.165, 1.54) is 5.56 Å². The van der Waals surface area contributed by atoms with Crippen LogP contribution in [0.4, 0.5) is 0 Å². The zero-order valence-electron chi connectivity index (χ0n) is 7.00. The van der Waals surface area contributed by atoms with Crippen LogP contribution in [0, 0.1) is 0 Å². The number of aryl methyl sites for hydroxylation is 1. The van der Waals surface area contributed by atoms with Crippen LogP contribution in [0.3, 0.4) is 0 Å². The smallest absolute Gasteiger partial charge is 0.137 e. The van der Waals surface area contributed by atoms with Gasteiger partial charge in [-0.3, -0.25) is 4.98 Å². The first-order chi connectivity index (χ1) is 5.36. The van der Waals surface area contributed by atoms with E-state index < -0.39 is 0 Å². The van der Waals surface area contributed by atoms with Gasteiger partial charge in [0.15, 0.2) is 0 Å². The summed E-state index contributed by atoms with van der Waals surface area (Å²) in [5, 5.41) is 0. The highest BCUT2D eigenvalue weighted by Crippen LogP contribution is 2.10. The molecule has 1 aromatic heterocycles. The number of rotatable bonds is 3. The Morgan fingerprint density at radius 3 is 2.82 bits per heavy atom. The first kappa shape index (κ1) is 8.05. The summed E-state index contributed by atoms with van der Waals surface area (Å²) in [6, 6.07) is 2.02. The predicted octanol–water partition coefficient (Wildman–Crippen LogP) is 2.04. The fourth-order valence-corrected chi connectivity index (χ4v) is 0.903. The Balaban J connectivity index is 2.74. The van der Waals surface area contributed by atoms with Crippen LogP contribution in [0.2, 0.25) is 0 Å². The molecular weight excluding hydrogens is 138 g/mol. The van der Waals surface area contributed by atoms with Gasteiger partial charge in [-0.1, -0.05) is 6.92 Å². The average Bonchev–Trinajstić information content (AvgIpc) is 2.06. The number of hydrogen-bond donors (Lipinski definition) is 0. The zero-order valence-corrected chi connectivity index (χ0v) is 7.00. The van der Waals surface area contributed by atoms with E-state index in [0.717, 1.165) is 12.2 Å². The maximum Gasteiger partial charge on any atom is 0.137 e. The molecule has 1 aromatic rings. The molecule has 0 N–H and O–H groups in total. The summed E-state index contributed by atoms with van der Waals surface area (Å²) in [7, 11) is 0. The van der Waals surface area contributed by atoms with Crippen LogP contribution in [0.25, 0.3) is 0 Å². The summed E-state index contributed by atoms with van der Waals surface area (Å²) < 4.78 is 5.29. The van der Waals surface area contributed by atoms with E-state index >= 15 is 0 Å². The third-order valence-corrected chi connectivity index (χ3v) is 1.49. The van der Waals surface area contributed by atoms with Crippen molar-refractivity contribution in [1.29, 1.82) is 0 Å². The summed E-state index contributed by atoms with van der Waals surface area (Å²) in [6.07, 6.45) is 4.61. The number of ether oxygens (including phenoxy) is 1. The fourth-order valence-electron chi connectivity index (χ4n) is 0.903. The largest absolute Gasteiger partial charge is 0.492 e. The number of hydrogen-bond acceptors (Lipinski definition) is 2. The lowest BCUT2D eigenvalue weighted by atomic mass is 10.2. The Kier molecular flexibility index (Phi) is 2.90. The highest BCUT2D eigenvalue weighted by atomic mass is 16.5. The molecule has 0 amide bonds. The monoisotopic (exact) mass is 151 g/mol. The Bertz CT molecular complexity index is 223. The molecule has 0 aromatic carbocycles. The van der Waals surface area contributed by atoms with Gasteiger partial charge in [0, 0.05) is 6.20 Å². The molecule has 0 spiro atoms. The van der Waals surface area contributed by atoms with E-state index in [-0.39, 0.29) is 0 Å².